The third-order valence-corrected chi connectivity index (χ3v) is 3.18. The number of fused-ring (bicyclic) bond motifs is 2. The minimum Gasteiger partial charge on any atom is -0.724 e. The molecule has 0 aliphatic carbocycles. The molecule has 3 amide bonds. The summed E-state index contributed by atoms with van der Waals surface area (Å²) in [4.78, 5) is 24.0. The first kappa shape index (κ1) is 12.8. The molecule has 2 bridgehead atoms. The van der Waals surface area contributed by atoms with Crippen LogP contribution in [0.1, 0.15) is 6.92 Å². The first-order valence-corrected chi connectivity index (χ1v) is 6.27. The number of amides is 3. The molecule has 2 aliphatic rings. The molecule has 2 atom stereocenters. The molecule has 0 radical (unpaired) electrons. The maximum absolute atomic E-state index is 11.8. The zero-order valence-electron chi connectivity index (χ0n) is 9.27. The summed E-state index contributed by atoms with van der Waals surface area (Å²) in [6, 6.07) is -2.55. The van der Waals surface area contributed by atoms with Gasteiger partial charge in [0.05, 0.1) is 6.54 Å². The summed E-state index contributed by atoms with van der Waals surface area (Å²) in [5.74, 6) is -0.743. The van der Waals surface area contributed by atoms with Crippen molar-refractivity contribution in [2.45, 2.75) is 19.0 Å². The summed E-state index contributed by atoms with van der Waals surface area (Å²) in [6.07, 6.45) is 1.44. The van der Waals surface area contributed by atoms with Crippen LogP contribution in [0.4, 0.5) is 4.79 Å². The summed E-state index contributed by atoms with van der Waals surface area (Å²) < 4.78 is 35.7. The Morgan fingerprint density at radius 1 is 1.61 bits per heavy atom. The minimum atomic E-state index is -5.06. The van der Waals surface area contributed by atoms with Crippen molar-refractivity contribution < 1.29 is 26.8 Å². The number of carbonyl (C=O) groups excluding carboxylic acids is 2. The fourth-order valence-electron chi connectivity index (χ4n) is 2.03. The van der Waals surface area contributed by atoms with Gasteiger partial charge in [0.1, 0.15) is 12.1 Å². The smallest absolute Gasteiger partial charge is 0.346 e. The van der Waals surface area contributed by atoms with Gasteiger partial charge in [0.25, 0.3) is 0 Å². The lowest BCUT2D eigenvalue weighted by molar-refractivity contribution is -0.120. The Labute approximate surface area is 103 Å². The molecule has 2 rings (SSSR count). The molecule has 18 heavy (non-hydrogen) atoms. The number of hydroxylamine groups is 2. The zero-order valence-corrected chi connectivity index (χ0v) is 10.1. The summed E-state index contributed by atoms with van der Waals surface area (Å²) in [6.45, 7) is 1.63. The van der Waals surface area contributed by atoms with Gasteiger partial charge in [0.15, 0.2) is 0 Å². The van der Waals surface area contributed by atoms with Crippen LogP contribution in [0.25, 0.3) is 0 Å². The highest BCUT2D eigenvalue weighted by atomic mass is 32.3. The van der Waals surface area contributed by atoms with Crippen molar-refractivity contribution in [3.8, 4) is 0 Å². The number of rotatable bonds is 3. The van der Waals surface area contributed by atoms with E-state index in [4.69, 9.17) is 5.73 Å². The molecule has 1 saturated heterocycles. The normalized spacial score (nSPS) is 27.4. The van der Waals surface area contributed by atoms with Crippen molar-refractivity contribution in [3.05, 3.63) is 11.6 Å². The van der Waals surface area contributed by atoms with Gasteiger partial charge >= 0.3 is 6.03 Å². The van der Waals surface area contributed by atoms with E-state index in [2.05, 4.69) is 4.28 Å². The van der Waals surface area contributed by atoms with Crippen molar-refractivity contribution in [2.75, 3.05) is 6.54 Å². The fraction of sp³-hybridized carbons (Fsp3) is 0.500. The van der Waals surface area contributed by atoms with Crippen LogP contribution in [0, 0.1) is 0 Å². The van der Waals surface area contributed by atoms with Crippen LogP contribution in [0.3, 0.4) is 0 Å². The Bertz CT molecular complexity index is 541. The molecule has 0 unspecified atom stereocenters. The number of primary amides is 1. The van der Waals surface area contributed by atoms with E-state index in [1.165, 1.54) is 6.08 Å². The molecule has 10 heteroatoms. The van der Waals surface area contributed by atoms with E-state index in [1.807, 2.05) is 0 Å². The van der Waals surface area contributed by atoms with Gasteiger partial charge in [0.2, 0.25) is 16.3 Å². The average Bonchev–Trinajstić information content (AvgIpc) is 2.47. The van der Waals surface area contributed by atoms with Gasteiger partial charge in [-0.1, -0.05) is 6.08 Å². The van der Waals surface area contributed by atoms with E-state index in [9.17, 15) is 22.6 Å². The van der Waals surface area contributed by atoms with Crippen LogP contribution >= 0.6 is 0 Å². The third kappa shape index (κ3) is 2.05. The van der Waals surface area contributed by atoms with E-state index in [1.54, 1.807) is 6.92 Å². The summed E-state index contributed by atoms with van der Waals surface area (Å²) in [5.41, 5.74) is 5.66. The summed E-state index contributed by atoms with van der Waals surface area (Å²) in [5, 5.41) is 0.455. The Balaban J connectivity index is 2.34. The third-order valence-electron chi connectivity index (χ3n) is 2.83. The van der Waals surface area contributed by atoms with Crippen LogP contribution in [-0.2, 0) is 19.5 Å². The molecule has 2 heterocycles. The second kappa shape index (κ2) is 3.93. The molecule has 2 N–H and O–H groups in total. The zero-order chi connectivity index (χ0) is 13.7. The first-order chi connectivity index (χ1) is 8.20. The maximum atomic E-state index is 11.8. The van der Waals surface area contributed by atoms with E-state index in [0.29, 0.717) is 10.6 Å². The second-order valence-corrected chi connectivity index (χ2v) is 4.98. The van der Waals surface area contributed by atoms with Crippen LogP contribution < -0.4 is 5.73 Å². The molecule has 100 valence electrons. The minimum absolute atomic E-state index is 0.0459. The van der Waals surface area contributed by atoms with E-state index in [-0.39, 0.29) is 6.54 Å². The van der Waals surface area contributed by atoms with Crippen molar-refractivity contribution >= 4 is 22.3 Å². The molecule has 1 fully saturated rings. The standard InChI is InChI=1S/C8H11N3O6S/c1-4-2-5(7(9)12)10-3-6(4)11(8(10)13)17-18(14,15)16/h2,5-6H,3H2,1H3,(H2,9,12)(H,14,15,16)/p-1/t5-,6-/m0/s1. The molecule has 2 aliphatic heterocycles. The Kier molecular flexibility index (Phi) is 2.80. The number of hydrogen-bond donors (Lipinski definition) is 1. The first-order valence-electron chi connectivity index (χ1n) is 4.93. The van der Waals surface area contributed by atoms with Crippen LogP contribution in [-0.4, -0.2) is 53.5 Å². The highest BCUT2D eigenvalue weighted by Gasteiger charge is 2.47. The van der Waals surface area contributed by atoms with Crippen molar-refractivity contribution in [1.82, 2.24) is 9.96 Å². The molecular formula is C8H10N3O6S-. The molecule has 0 saturated carbocycles. The molecule has 0 aromatic heterocycles. The van der Waals surface area contributed by atoms with Gasteiger partial charge in [-0.15, -0.1) is 0 Å². The molecule has 0 aromatic carbocycles. The molecule has 9 nitrogen and oxygen atoms in total. The van der Waals surface area contributed by atoms with Crippen molar-refractivity contribution in [1.29, 1.82) is 0 Å². The number of nitrogens with two attached hydrogens (primary N) is 1. The Morgan fingerprint density at radius 3 is 2.72 bits per heavy atom. The van der Waals surface area contributed by atoms with Crippen molar-refractivity contribution in [2.24, 2.45) is 5.73 Å². The monoisotopic (exact) mass is 276 g/mol. The lowest BCUT2D eigenvalue weighted by Gasteiger charge is -2.26. The lowest BCUT2D eigenvalue weighted by atomic mass is 10.0. The highest BCUT2D eigenvalue weighted by Crippen LogP contribution is 2.30. The van der Waals surface area contributed by atoms with E-state index < -0.39 is 34.4 Å². The van der Waals surface area contributed by atoms with Crippen LogP contribution in [0.5, 0.6) is 0 Å². The fourth-order valence-corrected chi connectivity index (χ4v) is 2.39. The van der Waals surface area contributed by atoms with Gasteiger partial charge in [-0.05, 0) is 12.5 Å². The topological polar surface area (TPSA) is 133 Å². The maximum Gasteiger partial charge on any atom is 0.346 e. The average molecular weight is 276 g/mol. The largest absolute Gasteiger partial charge is 0.724 e. The summed E-state index contributed by atoms with van der Waals surface area (Å²) >= 11 is 0. The summed E-state index contributed by atoms with van der Waals surface area (Å²) in [7, 11) is -5.06. The van der Waals surface area contributed by atoms with Crippen LogP contribution in [0.15, 0.2) is 11.6 Å². The quantitative estimate of drug-likeness (QED) is 0.371. The highest BCUT2D eigenvalue weighted by molar-refractivity contribution is 7.80. The number of carbonyl (C=O) groups is 2. The predicted octanol–water partition coefficient (Wildman–Crippen LogP) is -1.70. The number of urea groups is 1. The van der Waals surface area contributed by atoms with Gasteiger partial charge < -0.3 is 15.2 Å². The van der Waals surface area contributed by atoms with E-state index >= 15 is 0 Å². The molecular weight excluding hydrogens is 266 g/mol. The Morgan fingerprint density at radius 2 is 2.22 bits per heavy atom. The van der Waals surface area contributed by atoms with Gasteiger partial charge in [0, 0.05) is 0 Å². The second-order valence-electron chi connectivity index (χ2n) is 4.02. The number of hydrogen-bond acceptors (Lipinski definition) is 6. The van der Waals surface area contributed by atoms with Gasteiger partial charge in [-0.2, -0.15) is 9.35 Å². The Hall–Kier alpha value is -1.65. The van der Waals surface area contributed by atoms with Gasteiger partial charge in [-0.25, -0.2) is 13.2 Å². The lowest BCUT2D eigenvalue weighted by Crippen LogP contribution is -2.46. The molecule has 0 spiro atoms. The van der Waals surface area contributed by atoms with Gasteiger partial charge in [-0.3, -0.25) is 4.79 Å². The van der Waals surface area contributed by atoms with Crippen LogP contribution in [0.2, 0.25) is 0 Å². The molecule has 0 aromatic rings. The van der Waals surface area contributed by atoms with E-state index in [0.717, 1.165) is 4.90 Å². The number of nitrogens with zero attached hydrogens (tertiary/aromatic N) is 2. The van der Waals surface area contributed by atoms with Crippen molar-refractivity contribution in [3.63, 3.8) is 0 Å². The SMILES string of the molecule is CC1=C[C@@H](C(N)=O)N2C[C@@H]1N(OS(=O)(=O)[O-])C2=O. The predicted molar refractivity (Wildman–Crippen MR) is 55.3 cm³/mol.